The molecule has 0 radical (unpaired) electrons. The van der Waals surface area contributed by atoms with Crippen molar-refractivity contribution in [3.05, 3.63) is 41.6 Å². The van der Waals surface area contributed by atoms with Gasteiger partial charge in [0.15, 0.2) is 0 Å². The fourth-order valence-corrected chi connectivity index (χ4v) is 3.40. The first-order valence-corrected chi connectivity index (χ1v) is 8.10. The van der Waals surface area contributed by atoms with E-state index >= 15 is 0 Å². The number of aryl methyl sites for hydroxylation is 1. The van der Waals surface area contributed by atoms with Crippen molar-refractivity contribution in [3.8, 4) is 0 Å². The summed E-state index contributed by atoms with van der Waals surface area (Å²) in [6.45, 7) is 0. The number of anilines is 1. The molecule has 1 aromatic carbocycles. The Balaban J connectivity index is 1.62. The number of carbonyl (C=O) groups is 1. The summed E-state index contributed by atoms with van der Waals surface area (Å²) in [7, 11) is 1.80. The first-order valence-electron chi connectivity index (χ1n) is 8.10. The van der Waals surface area contributed by atoms with E-state index in [4.69, 9.17) is 0 Å². The number of hydrogen-bond acceptors (Lipinski definition) is 3. The molecule has 0 saturated heterocycles. The van der Waals surface area contributed by atoms with Crippen LogP contribution in [-0.4, -0.2) is 25.7 Å². The Morgan fingerprint density at radius 3 is 2.92 bits per heavy atom. The summed E-state index contributed by atoms with van der Waals surface area (Å²) in [6, 6.07) is 4.43. The van der Waals surface area contributed by atoms with Crippen molar-refractivity contribution in [2.45, 2.75) is 31.6 Å². The van der Waals surface area contributed by atoms with Crippen LogP contribution in [0.25, 0.3) is 11.0 Å². The van der Waals surface area contributed by atoms with Crippen molar-refractivity contribution < 1.29 is 9.18 Å². The maximum Gasteiger partial charge on any atom is 0.259 e. The maximum atomic E-state index is 13.7. The largest absolute Gasteiger partial charge is 0.344 e. The topological polar surface area (TPSA) is 75.6 Å². The van der Waals surface area contributed by atoms with Gasteiger partial charge in [0.05, 0.1) is 23.1 Å². The molecular weight excluding hydrogens is 309 g/mol. The van der Waals surface area contributed by atoms with Crippen molar-refractivity contribution in [2.75, 3.05) is 5.32 Å². The summed E-state index contributed by atoms with van der Waals surface area (Å²) in [5.74, 6) is 0.199. The van der Waals surface area contributed by atoms with E-state index in [9.17, 15) is 9.18 Å². The van der Waals surface area contributed by atoms with Crippen LogP contribution in [0.3, 0.4) is 0 Å². The summed E-state index contributed by atoms with van der Waals surface area (Å²) in [4.78, 5) is 19.5. The standard InChI is InChI=1S/C17H18FN5O/c1-23-15(8-13(22-23)10-4-2-3-5-10)21-17(24)12-6-11(18)7-14-16(12)20-9-19-14/h6-10H,2-5H2,1H3,(H,19,20)(H,21,24). The molecule has 1 saturated carbocycles. The van der Waals surface area contributed by atoms with E-state index in [0.717, 1.165) is 18.5 Å². The second-order valence-corrected chi connectivity index (χ2v) is 6.27. The SMILES string of the molecule is Cn1nc(C2CCCC2)cc1NC(=O)c1cc(F)cc2[nH]cnc12. The lowest BCUT2D eigenvalue weighted by Gasteiger charge is -2.06. The fourth-order valence-electron chi connectivity index (χ4n) is 3.40. The van der Waals surface area contributed by atoms with Crippen LogP contribution in [-0.2, 0) is 7.05 Å². The molecule has 4 rings (SSSR count). The van der Waals surface area contributed by atoms with Crippen molar-refractivity contribution in [3.63, 3.8) is 0 Å². The first-order chi connectivity index (χ1) is 11.6. The second kappa shape index (κ2) is 5.74. The van der Waals surface area contributed by atoms with E-state index in [-0.39, 0.29) is 5.56 Å². The average Bonchev–Trinajstić information content (AvgIpc) is 3.27. The molecule has 2 aromatic heterocycles. The molecule has 0 unspecified atom stereocenters. The number of H-pyrrole nitrogens is 1. The normalized spacial score (nSPS) is 15.2. The lowest BCUT2D eigenvalue weighted by molar-refractivity contribution is 0.102. The summed E-state index contributed by atoms with van der Waals surface area (Å²) < 4.78 is 15.4. The van der Waals surface area contributed by atoms with Gasteiger partial charge in [0.1, 0.15) is 17.2 Å². The van der Waals surface area contributed by atoms with E-state index in [0.29, 0.717) is 22.8 Å². The van der Waals surface area contributed by atoms with Gasteiger partial charge in [-0.2, -0.15) is 5.10 Å². The number of aromatic amines is 1. The zero-order valence-corrected chi connectivity index (χ0v) is 13.3. The van der Waals surface area contributed by atoms with Gasteiger partial charge in [-0.3, -0.25) is 9.48 Å². The molecule has 1 amide bonds. The van der Waals surface area contributed by atoms with Crippen molar-refractivity contribution in [1.82, 2.24) is 19.7 Å². The Morgan fingerprint density at radius 1 is 1.33 bits per heavy atom. The van der Waals surface area contributed by atoms with E-state index in [2.05, 4.69) is 20.4 Å². The molecule has 24 heavy (non-hydrogen) atoms. The van der Waals surface area contributed by atoms with Gasteiger partial charge < -0.3 is 10.3 Å². The highest BCUT2D eigenvalue weighted by molar-refractivity contribution is 6.11. The van der Waals surface area contributed by atoms with Crippen molar-refractivity contribution >= 4 is 22.8 Å². The van der Waals surface area contributed by atoms with Crippen LogP contribution in [0.4, 0.5) is 10.2 Å². The number of rotatable bonds is 3. The highest BCUT2D eigenvalue weighted by atomic mass is 19.1. The molecule has 0 atom stereocenters. The molecular formula is C17H18FN5O. The lowest BCUT2D eigenvalue weighted by atomic mass is 10.0. The van der Waals surface area contributed by atoms with Gasteiger partial charge in [-0.15, -0.1) is 0 Å². The zero-order chi connectivity index (χ0) is 16.7. The number of halogens is 1. The fraction of sp³-hybridized carbons (Fsp3) is 0.353. The van der Waals surface area contributed by atoms with Crippen molar-refractivity contribution in [2.24, 2.45) is 7.05 Å². The molecule has 124 valence electrons. The van der Waals surface area contributed by atoms with Crippen LogP contribution in [0.2, 0.25) is 0 Å². The van der Waals surface area contributed by atoms with Gasteiger partial charge in [-0.25, -0.2) is 9.37 Å². The predicted molar refractivity (Wildman–Crippen MR) is 88.4 cm³/mol. The lowest BCUT2D eigenvalue weighted by Crippen LogP contribution is -2.15. The highest BCUT2D eigenvalue weighted by Gasteiger charge is 2.22. The van der Waals surface area contributed by atoms with E-state index < -0.39 is 11.7 Å². The number of benzene rings is 1. The van der Waals surface area contributed by atoms with E-state index in [1.165, 1.54) is 31.3 Å². The van der Waals surface area contributed by atoms with Gasteiger partial charge in [-0.05, 0) is 25.0 Å². The smallest absolute Gasteiger partial charge is 0.259 e. The van der Waals surface area contributed by atoms with Crippen LogP contribution in [0.1, 0.15) is 47.7 Å². The Bertz CT molecular complexity index is 907. The minimum absolute atomic E-state index is 0.204. The zero-order valence-electron chi connectivity index (χ0n) is 13.3. The number of nitrogens with one attached hydrogen (secondary N) is 2. The highest BCUT2D eigenvalue weighted by Crippen LogP contribution is 2.34. The summed E-state index contributed by atoms with van der Waals surface area (Å²) in [5.41, 5.74) is 2.16. The quantitative estimate of drug-likeness (QED) is 0.774. The van der Waals surface area contributed by atoms with Gasteiger partial charge in [-0.1, -0.05) is 12.8 Å². The first kappa shape index (κ1) is 14.9. The van der Waals surface area contributed by atoms with Crippen molar-refractivity contribution in [1.29, 1.82) is 0 Å². The van der Waals surface area contributed by atoms with E-state index in [1.54, 1.807) is 11.7 Å². The Hall–Kier alpha value is -2.70. The van der Waals surface area contributed by atoms with Gasteiger partial charge in [0.2, 0.25) is 0 Å². The number of imidazole rings is 1. The summed E-state index contributed by atoms with van der Waals surface area (Å²) >= 11 is 0. The molecule has 0 bridgehead atoms. The van der Waals surface area contributed by atoms with E-state index in [1.807, 2.05) is 6.07 Å². The number of amides is 1. The molecule has 6 nitrogen and oxygen atoms in total. The average molecular weight is 327 g/mol. The third-order valence-corrected chi connectivity index (χ3v) is 4.65. The van der Waals surface area contributed by atoms with Gasteiger partial charge in [0.25, 0.3) is 5.91 Å². The third-order valence-electron chi connectivity index (χ3n) is 4.65. The molecule has 2 heterocycles. The molecule has 3 aromatic rings. The molecule has 0 spiro atoms. The Kier molecular flexibility index (Phi) is 3.55. The number of nitrogens with zero attached hydrogens (tertiary/aromatic N) is 3. The van der Waals surface area contributed by atoms with Gasteiger partial charge in [0, 0.05) is 19.0 Å². The van der Waals surface area contributed by atoms with Crippen LogP contribution in [0.5, 0.6) is 0 Å². The van der Waals surface area contributed by atoms with Crippen LogP contribution in [0, 0.1) is 5.82 Å². The molecule has 2 N–H and O–H groups in total. The number of hydrogen-bond donors (Lipinski definition) is 2. The van der Waals surface area contributed by atoms with Crippen LogP contribution in [0.15, 0.2) is 24.5 Å². The summed E-state index contributed by atoms with van der Waals surface area (Å²) in [6.07, 6.45) is 6.18. The summed E-state index contributed by atoms with van der Waals surface area (Å²) in [5, 5.41) is 7.34. The molecule has 1 aliphatic carbocycles. The number of carbonyl (C=O) groups excluding carboxylic acids is 1. The third kappa shape index (κ3) is 2.55. The second-order valence-electron chi connectivity index (χ2n) is 6.27. The molecule has 1 aliphatic rings. The Morgan fingerprint density at radius 2 is 2.12 bits per heavy atom. The monoisotopic (exact) mass is 327 g/mol. The predicted octanol–water partition coefficient (Wildman–Crippen LogP) is 3.35. The van der Waals surface area contributed by atoms with Gasteiger partial charge >= 0.3 is 0 Å². The minimum atomic E-state index is -0.478. The molecule has 0 aliphatic heterocycles. The molecule has 1 fully saturated rings. The maximum absolute atomic E-state index is 13.7. The Labute approximate surface area is 138 Å². The minimum Gasteiger partial charge on any atom is -0.344 e. The van der Waals surface area contributed by atoms with Crippen LogP contribution >= 0.6 is 0 Å². The molecule has 7 heteroatoms. The van der Waals surface area contributed by atoms with Crippen LogP contribution < -0.4 is 5.32 Å². The number of aromatic nitrogens is 4. The number of fused-ring (bicyclic) bond motifs is 1.